The number of para-hydroxylation sites is 1. The minimum absolute atomic E-state index is 0.169. The molecule has 0 spiro atoms. The number of carbonyl (C=O) groups excluding carboxylic acids is 1. The number of nitriles is 1. The van der Waals surface area contributed by atoms with E-state index in [2.05, 4.69) is 23.1 Å². The van der Waals surface area contributed by atoms with Crippen LogP contribution < -0.4 is 10.6 Å². The molecule has 0 saturated carbocycles. The van der Waals surface area contributed by atoms with Crippen molar-refractivity contribution in [3.8, 4) is 6.07 Å². The van der Waals surface area contributed by atoms with Gasteiger partial charge in [-0.15, -0.1) is 0 Å². The molecule has 2 aliphatic heterocycles. The standard InChI is InChI=1S/C19H25N5O/c20-7-9-22-10-12-23(13-11-22)19(25)17(14-21)15-24-8-3-5-16-4-1-2-6-18(16)24/h1-2,4,6,15H,3,5,7-13,20H2/b17-15-. The highest BCUT2D eigenvalue weighted by molar-refractivity contribution is 5.97. The zero-order valence-electron chi connectivity index (χ0n) is 14.5. The summed E-state index contributed by atoms with van der Waals surface area (Å²) < 4.78 is 0. The summed E-state index contributed by atoms with van der Waals surface area (Å²) in [6.45, 7) is 5.24. The van der Waals surface area contributed by atoms with Crippen molar-refractivity contribution in [2.24, 2.45) is 5.73 Å². The second-order valence-corrected chi connectivity index (χ2v) is 6.50. The minimum atomic E-state index is -0.169. The molecular formula is C19H25N5O. The van der Waals surface area contributed by atoms with Gasteiger partial charge in [0, 0.05) is 57.7 Å². The Bertz CT molecular complexity index is 685. The Morgan fingerprint density at radius 1 is 1.20 bits per heavy atom. The molecule has 1 amide bonds. The monoisotopic (exact) mass is 339 g/mol. The maximum absolute atomic E-state index is 12.7. The smallest absolute Gasteiger partial charge is 0.266 e. The van der Waals surface area contributed by atoms with E-state index < -0.39 is 0 Å². The van der Waals surface area contributed by atoms with E-state index in [1.54, 1.807) is 11.1 Å². The number of nitrogens with two attached hydrogens (primary N) is 1. The number of hydrogen-bond acceptors (Lipinski definition) is 5. The fourth-order valence-corrected chi connectivity index (χ4v) is 3.51. The normalized spacial score (nSPS) is 18.6. The molecule has 2 N–H and O–H groups in total. The van der Waals surface area contributed by atoms with Gasteiger partial charge in [-0.05, 0) is 24.5 Å². The van der Waals surface area contributed by atoms with E-state index in [9.17, 15) is 10.1 Å². The number of fused-ring (bicyclic) bond motifs is 1. The maximum atomic E-state index is 12.7. The molecule has 0 atom stereocenters. The maximum Gasteiger partial charge on any atom is 0.266 e. The molecule has 0 aliphatic carbocycles. The van der Waals surface area contributed by atoms with Crippen LogP contribution in [-0.2, 0) is 11.2 Å². The van der Waals surface area contributed by atoms with Gasteiger partial charge in [0.1, 0.15) is 11.6 Å². The summed E-state index contributed by atoms with van der Waals surface area (Å²) in [4.78, 5) is 18.8. The third kappa shape index (κ3) is 4.01. The van der Waals surface area contributed by atoms with E-state index in [-0.39, 0.29) is 11.5 Å². The Morgan fingerprint density at radius 3 is 2.68 bits per heavy atom. The molecule has 1 fully saturated rings. The number of rotatable bonds is 4. The van der Waals surface area contributed by atoms with Crippen molar-refractivity contribution in [2.45, 2.75) is 12.8 Å². The highest BCUT2D eigenvalue weighted by Gasteiger charge is 2.24. The predicted octanol–water partition coefficient (Wildman–Crippen LogP) is 0.950. The minimum Gasteiger partial charge on any atom is -0.346 e. The number of hydrogen-bond donors (Lipinski definition) is 1. The summed E-state index contributed by atoms with van der Waals surface area (Å²) in [6, 6.07) is 10.3. The molecule has 0 aromatic heterocycles. The first-order chi connectivity index (χ1) is 12.2. The molecule has 0 bridgehead atoms. The van der Waals surface area contributed by atoms with Gasteiger partial charge in [-0.1, -0.05) is 18.2 Å². The van der Waals surface area contributed by atoms with Gasteiger partial charge in [0.15, 0.2) is 0 Å². The first-order valence-electron chi connectivity index (χ1n) is 8.91. The highest BCUT2D eigenvalue weighted by Crippen LogP contribution is 2.27. The highest BCUT2D eigenvalue weighted by atomic mass is 16.2. The average molecular weight is 339 g/mol. The van der Waals surface area contributed by atoms with Crippen molar-refractivity contribution in [2.75, 3.05) is 50.7 Å². The number of nitrogens with zero attached hydrogens (tertiary/aromatic N) is 4. The van der Waals surface area contributed by atoms with Gasteiger partial charge >= 0.3 is 0 Å². The van der Waals surface area contributed by atoms with Crippen molar-refractivity contribution in [1.82, 2.24) is 9.80 Å². The van der Waals surface area contributed by atoms with Crippen LogP contribution in [0.15, 0.2) is 36.0 Å². The van der Waals surface area contributed by atoms with Crippen LogP contribution in [0.25, 0.3) is 0 Å². The fourth-order valence-electron chi connectivity index (χ4n) is 3.51. The van der Waals surface area contributed by atoms with E-state index in [0.717, 1.165) is 44.7 Å². The Balaban J connectivity index is 1.72. The van der Waals surface area contributed by atoms with Gasteiger partial charge in [0.25, 0.3) is 5.91 Å². The molecule has 1 aromatic carbocycles. The van der Waals surface area contributed by atoms with Crippen molar-refractivity contribution in [1.29, 1.82) is 5.26 Å². The van der Waals surface area contributed by atoms with Crippen LogP contribution in [0.2, 0.25) is 0 Å². The van der Waals surface area contributed by atoms with Crippen LogP contribution in [0.5, 0.6) is 0 Å². The lowest BCUT2D eigenvalue weighted by atomic mass is 10.0. The summed E-state index contributed by atoms with van der Waals surface area (Å²) in [6.07, 6.45) is 3.80. The Morgan fingerprint density at radius 2 is 1.96 bits per heavy atom. The average Bonchev–Trinajstić information content (AvgIpc) is 2.66. The SMILES string of the molecule is N#C/C(=C/N1CCCc2ccccc21)C(=O)N1CCN(CCN)CC1. The van der Waals surface area contributed by atoms with Gasteiger partial charge in [-0.2, -0.15) is 5.26 Å². The van der Waals surface area contributed by atoms with Crippen LogP contribution in [0.3, 0.4) is 0 Å². The number of amides is 1. The lowest BCUT2D eigenvalue weighted by Gasteiger charge is -2.34. The third-order valence-corrected chi connectivity index (χ3v) is 4.89. The number of benzene rings is 1. The molecule has 1 aromatic rings. The van der Waals surface area contributed by atoms with Crippen LogP contribution in [0.1, 0.15) is 12.0 Å². The summed E-state index contributed by atoms with van der Waals surface area (Å²) in [5.74, 6) is -0.169. The van der Waals surface area contributed by atoms with E-state index >= 15 is 0 Å². The molecule has 1 saturated heterocycles. The van der Waals surface area contributed by atoms with E-state index in [0.29, 0.717) is 19.6 Å². The van der Waals surface area contributed by atoms with Crippen molar-refractivity contribution >= 4 is 11.6 Å². The second-order valence-electron chi connectivity index (χ2n) is 6.50. The Hall–Kier alpha value is -2.36. The van der Waals surface area contributed by atoms with Gasteiger partial charge in [-0.25, -0.2) is 0 Å². The van der Waals surface area contributed by atoms with Gasteiger partial charge in [0.05, 0.1) is 0 Å². The first-order valence-corrected chi connectivity index (χ1v) is 8.91. The number of piperazine rings is 1. The van der Waals surface area contributed by atoms with Crippen LogP contribution in [0, 0.1) is 11.3 Å². The Kier molecular flexibility index (Phi) is 5.69. The lowest BCUT2D eigenvalue weighted by molar-refractivity contribution is -0.128. The van der Waals surface area contributed by atoms with Crippen LogP contribution in [0.4, 0.5) is 5.69 Å². The largest absolute Gasteiger partial charge is 0.346 e. The quantitative estimate of drug-likeness (QED) is 0.653. The molecule has 132 valence electrons. The predicted molar refractivity (Wildman–Crippen MR) is 97.9 cm³/mol. The van der Waals surface area contributed by atoms with E-state index in [1.165, 1.54) is 5.56 Å². The van der Waals surface area contributed by atoms with Crippen LogP contribution >= 0.6 is 0 Å². The topological polar surface area (TPSA) is 76.6 Å². The summed E-state index contributed by atoms with van der Waals surface area (Å²) in [7, 11) is 0. The zero-order chi connectivity index (χ0) is 17.6. The first kappa shape index (κ1) is 17.5. The molecule has 2 heterocycles. The van der Waals surface area contributed by atoms with Gasteiger partial charge < -0.3 is 15.5 Å². The number of anilines is 1. The second kappa shape index (κ2) is 8.15. The van der Waals surface area contributed by atoms with E-state index in [1.807, 2.05) is 17.0 Å². The summed E-state index contributed by atoms with van der Waals surface area (Å²) in [5, 5.41) is 9.52. The van der Waals surface area contributed by atoms with Crippen molar-refractivity contribution < 1.29 is 4.79 Å². The molecule has 6 heteroatoms. The summed E-state index contributed by atoms with van der Waals surface area (Å²) in [5.41, 5.74) is 8.17. The van der Waals surface area contributed by atoms with Crippen molar-refractivity contribution in [3.05, 3.63) is 41.6 Å². The number of carbonyl (C=O) groups is 1. The number of aryl methyl sites for hydroxylation is 1. The molecular weight excluding hydrogens is 314 g/mol. The molecule has 0 radical (unpaired) electrons. The van der Waals surface area contributed by atoms with Crippen LogP contribution in [-0.4, -0.2) is 61.5 Å². The zero-order valence-corrected chi connectivity index (χ0v) is 14.5. The lowest BCUT2D eigenvalue weighted by Crippen LogP contribution is -2.50. The summed E-state index contributed by atoms with van der Waals surface area (Å²) >= 11 is 0. The van der Waals surface area contributed by atoms with Gasteiger partial charge in [-0.3, -0.25) is 9.69 Å². The molecule has 0 unspecified atom stereocenters. The third-order valence-electron chi connectivity index (χ3n) is 4.89. The molecule has 25 heavy (non-hydrogen) atoms. The van der Waals surface area contributed by atoms with E-state index in [4.69, 9.17) is 5.73 Å². The Labute approximate surface area is 149 Å². The molecule has 2 aliphatic rings. The molecule has 6 nitrogen and oxygen atoms in total. The molecule has 3 rings (SSSR count). The fraction of sp³-hybridized carbons (Fsp3) is 0.474. The van der Waals surface area contributed by atoms with Gasteiger partial charge in [0.2, 0.25) is 0 Å². The van der Waals surface area contributed by atoms with Crippen molar-refractivity contribution in [3.63, 3.8) is 0 Å².